The summed E-state index contributed by atoms with van der Waals surface area (Å²) in [5.41, 5.74) is -0.865. The maximum Gasteiger partial charge on any atom is 0.434 e. The number of carbonyl (C=O) groups is 1. The summed E-state index contributed by atoms with van der Waals surface area (Å²) >= 11 is 0.975. The van der Waals surface area contributed by atoms with Crippen LogP contribution >= 0.6 is 11.3 Å². The van der Waals surface area contributed by atoms with Crippen molar-refractivity contribution < 1.29 is 18.0 Å². The molecular formula is C16H26F3N5OS. The molecule has 0 atom stereocenters. The number of nitrogens with one attached hydrogen (secondary N) is 1. The Morgan fingerprint density at radius 1 is 1.31 bits per heavy atom. The molecule has 0 spiro atoms. The molecule has 1 heterocycles. The van der Waals surface area contributed by atoms with Gasteiger partial charge in [0.05, 0.1) is 11.6 Å². The van der Waals surface area contributed by atoms with Gasteiger partial charge in [0.1, 0.15) is 0 Å². The van der Waals surface area contributed by atoms with E-state index >= 15 is 0 Å². The number of carbonyl (C=O) groups excluding carboxylic acids is 1. The van der Waals surface area contributed by atoms with Crippen LogP contribution in [0.25, 0.3) is 0 Å². The number of guanidine groups is 1. The van der Waals surface area contributed by atoms with Crippen LogP contribution in [0.15, 0.2) is 10.4 Å². The first-order valence-electron chi connectivity index (χ1n) is 8.51. The summed E-state index contributed by atoms with van der Waals surface area (Å²) < 4.78 is 37.7. The lowest BCUT2D eigenvalue weighted by Crippen LogP contribution is -2.45. The lowest BCUT2D eigenvalue weighted by Gasteiger charge is -2.25. The van der Waals surface area contributed by atoms with E-state index in [1.54, 1.807) is 16.8 Å². The van der Waals surface area contributed by atoms with Crippen molar-refractivity contribution in [1.29, 1.82) is 0 Å². The smallest absolute Gasteiger partial charge is 0.357 e. The molecule has 0 aliphatic carbocycles. The number of aliphatic imine (C=N–C) groups is 1. The lowest BCUT2D eigenvalue weighted by molar-refractivity contribution is -0.140. The SMILES string of the molecule is CCNC(=NCCc1nc(C(F)(F)F)cs1)N(C)CC(=O)N(CC)CC. The van der Waals surface area contributed by atoms with Crippen LogP contribution in [0.5, 0.6) is 0 Å². The molecule has 0 bridgehead atoms. The Labute approximate surface area is 156 Å². The molecule has 0 radical (unpaired) electrons. The zero-order valence-corrected chi connectivity index (χ0v) is 16.4. The average Bonchev–Trinajstić information content (AvgIpc) is 3.04. The summed E-state index contributed by atoms with van der Waals surface area (Å²) in [6.45, 7) is 8.13. The van der Waals surface area contributed by atoms with E-state index in [0.717, 1.165) is 16.7 Å². The normalized spacial score (nSPS) is 12.2. The van der Waals surface area contributed by atoms with Gasteiger partial charge >= 0.3 is 6.18 Å². The Hall–Kier alpha value is -1.84. The number of thiazole rings is 1. The first kappa shape index (κ1) is 22.2. The van der Waals surface area contributed by atoms with Gasteiger partial charge in [-0.15, -0.1) is 11.3 Å². The van der Waals surface area contributed by atoms with E-state index in [2.05, 4.69) is 15.3 Å². The van der Waals surface area contributed by atoms with Crippen LogP contribution in [0.2, 0.25) is 0 Å². The standard InChI is InChI=1S/C16H26F3N5OS/c1-5-20-15(23(4)10-14(25)24(6-2)7-3)21-9-8-13-22-12(11-26-13)16(17,18)19/h11H,5-10H2,1-4H3,(H,20,21). The van der Waals surface area contributed by atoms with Gasteiger partial charge in [0.25, 0.3) is 0 Å². The first-order valence-corrected chi connectivity index (χ1v) is 9.39. The maximum absolute atomic E-state index is 12.6. The Bertz CT molecular complexity index is 599. The molecule has 26 heavy (non-hydrogen) atoms. The van der Waals surface area contributed by atoms with Crippen molar-refractivity contribution in [2.45, 2.75) is 33.4 Å². The highest BCUT2D eigenvalue weighted by molar-refractivity contribution is 7.09. The van der Waals surface area contributed by atoms with Gasteiger partial charge < -0.3 is 15.1 Å². The summed E-state index contributed by atoms with van der Waals surface area (Å²) in [5, 5.41) is 4.49. The minimum Gasteiger partial charge on any atom is -0.357 e. The number of rotatable bonds is 8. The summed E-state index contributed by atoms with van der Waals surface area (Å²) in [4.78, 5) is 23.6. The van der Waals surface area contributed by atoms with Crippen LogP contribution in [0.3, 0.4) is 0 Å². The summed E-state index contributed by atoms with van der Waals surface area (Å²) in [7, 11) is 1.76. The van der Waals surface area contributed by atoms with Crippen molar-refractivity contribution in [1.82, 2.24) is 20.1 Å². The van der Waals surface area contributed by atoms with Crippen LogP contribution in [-0.4, -0.2) is 66.4 Å². The molecule has 1 aromatic rings. The van der Waals surface area contributed by atoms with E-state index in [9.17, 15) is 18.0 Å². The van der Waals surface area contributed by atoms with Crippen LogP contribution in [0.4, 0.5) is 13.2 Å². The average molecular weight is 393 g/mol. The fourth-order valence-electron chi connectivity index (χ4n) is 2.24. The number of halogens is 3. The van der Waals surface area contributed by atoms with Crippen molar-refractivity contribution in [2.75, 3.05) is 39.8 Å². The molecule has 1 rings (SSSR count). The van der Waals surface area contributed by atoms with Crippen molar-refractivity contribution in [2.24, 2.45) is 4.99 Å². The fraction of sp³-hybridized carbons (Fsp3) is 0.688. The van der Waals surface area contributed by atoms with Crippen molar-refractivity contribution in [3.63, 3.8) is 0 Å². The van der Waals surface area contributed by atoms with Crippen molar-refractivity contribution >= 4 is 23.2 Å². The number of aromatic nitrogens is 1. The predicted molar refractivity (Wildman–Crippen MR) is 97.4 cm³/mol. The van der Waals surface area contributed by atoms with Crippen molar-refractivity contribution in [3.8, 4) is 0 Å². The zero-order chi connectivity index (χ0) is 19.7. The van der Waals surface area contributed by atoms with Gasteiger partial charge in [-0.25, -0.2) is 4.98 Å². The summed E-state index contributed by atoms with van der Waals surface area (Å²) in [6, 6.07) is 0. The van der Waals surface area contributed by atoms with Crippen LogP contribution in [0, 0.1) is 0 Å². The second kappa shape index (κ2) is 10.3. The maximum atomic E-state index is 12.6. The molecule has 0 saturated heterocycles. The van der Waals surface area contributed by atoms with Gasteiger partial charge in [0.2, 0.25) is 5.91 Å². The number of amides is 1. The van der Waals surface area contributed by atoms with Gasteiger partial charge in [-0.2, -0.15) is 13.2 Å². The fourth-order valence-corrected chi connectivity index (χ4v) is 3.03. The minimum absolute atomic E-state index is 0.00199. The molecule has 10 heteroatoms. The molecule has 0 fully saturated rings. The largest absolute Gasteiger partial charge is 0.434 e. The highest BCUT2D eigenvalue weighted by atomic mass is 32.1. The first-order chi connectivity index (χ1) is 12.2. The van der Waals surface area contributed by atoms with Crippen LogP contribution in [0.1, 0.15) is 31.5 Å². The third-order valence-electron chi connectivity index (χ3n) is 3.61. The molecule has 0 saturated carbocycles. The minimum atomic E-state index is -4.42. The second-order valence-electron chi connectivity index (χ2n) is 5.53. The molecule has 0 aromatic carbocycles. The Kier molecular flexibility index (Phi) is 8.83. The quantitative estimate of drug-likeness (QED) is 0.545. The number of alkyl halides is 3. The molecule has 0 aliphatic rings. The number of hydrogen-bond acceptors (Lipinski definition) is 4. The Morgan fingerprint density at radius 2 is 1.96 bits per heavy atom. The highest BCUT2D eigenvalue weighted by Crippen LogP contribution is 2.30. The van der Waals surface area contributed by atoms with Gasteiger partial charge in [-0.05, 0) is 20.8 Å². The molecule has 148 valence electrons. The number of nitrogens with zero attached hydrogens (tertiary/aromatic N) is 4. The molecule has 6 nitrogen and oxygen atoms in total. The Morgan fingerprint density at radius 3 is 2.46 bits per heavy atom. The van der Waals surface area contributed by atoms with E-state index < -0.39 is 11.9 Å². The van der Waals surface area contributed by atoms with E-state index in [1.807, 2.05) is 20.8 Å². The van der Waals surface area contributed by atoms with E-state index in [4.69, 9.17) is 0 Å². The van der Waals surface area contributed by atoms with E-state index in [-0.39, 0.29) is 19.0 Å². The number of hydrogen-bond donors (Lipinski definition) is 1. The molecule has 1 N–H and O–H groups in total. The monoisotopic (exact) mass is 393 g/mol. The number of likely N-dealkylation sites (N-methyl/N-ethyl adjacent to an activating group) is 2. The van der Waals surface area contributed by atoms with Crippen molar-refractivity contribution in [3.05, 3.63) is 16.1 Å². The van der Waals surface area contributed by atoms with E-state index in [0.29, 0.717) is 37.0 Å². The second-order valence-corrected chi connectivity index (χ2v) is 6.47. The summed E-state index contributed by atoms with van der Waals surface area (Å²) in [6.07, 6.45) is -4.11. The summed E-state index contributed by atoms with van der Waals surface area (Å²) in [5.74, 6) is 0.540. The molecule has 1 aromatic heterocycles. The van der Waals surface area contributed by atoms with E-state index in [1.165, 1.54) is 0 Å². The van der Waals surface area contributed by atoms with Crippen LogP contribution < -0.4 is 5.32 Å². The predicted octanol–water partition coefficient (Wildman–Crippen LogP) is 2.47. The lowest BCUT2D eigenvalue weighted by atomic mass is 10.4. The highest BCUT2D eigenvalue weighted by Gasteiger charge is 2.33. The molecule has 1 amide bonds. The molecule has 0 aliphatic heterocycles. The molecular weight excluding hydrogens is 367 g/mol. The van der Waals surface area contributed by atoms with Gasteiger partial charge in [0, 0.05) is 45.0 Å². The third kappa shape index (κ3) is 6.81. The zero-order valence-electron chi connectivity index (χ0n) is 15.6. The molecule has 0 unspecified atom stereocenters. The van der Waals surface area contributed by atoms with Gasteiger partial charge in [-0.3, -0.25) is 9.79 Å². The van der Waals surface area contributed by atoms with Gasteiger partial charge in [-0.1, -0.05) is 0 Å². The van der Waals surface area contributed by atoms with Crippen LogP contribution in [-0.2, 0) is 17.4 Å². The third-order valence-corrected chi connectivity index (χ3v) is 4.52. The topological polar surface area (TPSA) is 60.8 Å². The van der Waals surface area contributed by atoms with Gasteiger partial charge in [0.15, 0.2) is 11.7 Å². The Balaban J connectivity index is 2.67.